The summed E-state index contributed by atoms with van der Waals surface area (Å²) in [7, 11) is -0.886. The molecule has 0 spiro atoms. The second-order valence-electron chi connectivity index (χ2n) is 10.3. The van der Waals surface area contributed by atoms with Crippen LogP contribution in [0.2, 0.25) is 5.04 Å². The smallest absolute Gasteiger partial charge is 0.261 e. The molecule has 0 bridgehead atoms. The van der Waals surface area contributed by atoms with Crippen LogP contribution in [0, 0.1) is 0 Å². The van der Waals surface area contributed by atoms with E-state index in [1.165, 1.54) is 10.4 Å². The highest BCUT2D eigenvalue weighted by molar-refractivity contribution is 6.99. The van der Waals surface area contributed by atoms with Crippen LogP contribution >= 0.6 is 0 Å². The van der Waals surface area contributed by atoms with E-state index in [9.17, 15) is 0 Å². The van der Waals surface area contributed by atoms with Gasteiger partial charge in [0.2, 0.25) is 0 Å². The van der Waals surface area contributed by atoms with Gasteiger partial charge in [0.25, 0.3) is 8.32 Å². The molecule has 3 aromatic rings. The van der Waals surface area contributed by atoms with Crippen LogP contribution in [-0.4, -0.2) is 27.6 Å². The summed E-state index contributed by atoms with van der Waals surface area (Å²) in [6.45, 7) is 14.2. The topological polar surface area (TPSA) is 27.7 Å². The second-order valence-corrected chi connectivity index (χ2v) is 14.6. The summed E-state index contributed by atoms with van der Waals surface area (Å²) in [5.74, 6) is 0.848. The SMILES string of the molecule is C=CC[C@@](C)(CCO[Si](c1ccccc1)(c1ccccc1)C(C)(C)C)OCc1ccc(OC)cc1. The van der Waals surface area contributed by atoms with Crippen LogP contribution in [0.15, 0.2) is 97.6 Å². The molecule has 0 saturated carbocycles. The first kappa shape index (κ1) is 26.9. The molecule has 0 aliphatic rings. The van der Waals surface area contributed by atoms with Gasteiger partial charge in [-0.3, -0.25) is 0 Å². The van der Waals surface area contributed by atoms with Crippen molar-refractivity contribution in [2.75, 3.05) is 13.7 Å². The number of hydrogen-bond acceptors (Lipinski definition) is 3. The van der Waals surface area contributed by atoms with E-state index in [4.69, 9.17) is 13.9 Å². The minimum atomic E-state index is -2.56. The maximum Gasteiger partial charge on any atom is 0.261 e. The lowest BCUT2D eigenvalue weighted by Crippen LogP contribution is -2.66. The Morgan fingerprint density at radius 3 is 1.80 bits per heavy atom. The molecule has 35 heavy (non-hydrogen) atoms. The van der Waals surface area contributed by atoms with E-state index in [1.54, 1.807) is 7.11 Å². The molecule has 0 aromatic heterocycles. The lowest BCUT2D eigenvalue weighted by molar-refractivity contribution is -0.0537. The van der Waals surface area contributed by atoms with E-state index >= 15 is 0 Å². The van der Waals surface area contributed by atoms with Crippen molar-refractivity contribution in [2.24, 2.45) is 0 Å². The molecule has 0 heterocycles. The van der Waals surface area contributed by atoms with Gasteiger partial charge in [-0.25, -0.2) is 0 Å². The summed E-state index contributed by atoms with van der Waals surface area (Å²) < 4.78 is 18.8. The van der Waals surface area contributed by atoms with Crippen LogP contribution < -0.4 is 15.1 Å². The third-order valence-corrected chi connectivity index (χ3v) is 11.7. The first-order valence-corrected chi connectivity index (χ1v) is 14.3. The van der Waals surface area contributed by atoms with Crippen molar-refractivity contribution in [1.82, 2.24) is 0 Å². The molecular formula is C31H40O3Si. The zero-order valence-corrected chi connectivity index (χ0v) is 22.9. The molecule has 4 heteroatoms. The predicted octanol–water partition coefficient (Wildman–Crippen LogP) is 6.51. The third kappa shape index (κ3) is 6.52. The van der Waals surface area contributed by atoms with Gasteiger partial charge >= 0.3 is 0 Å². The molecule has 1 atom stereocenters. The number of methoxy groups -OCH3 is 1. The van der Waals surface area contributed by atoms with Gasteiger partial charge in [0.1, 0.15) is 5.75 Å². The number of benzene rings is 3. The summed E-state index contributed by atoms with van der Waals surface area (Å²) in [5, 5.41) is 2.54. The Morgan fingerprint density at radius 1 is 0.800 bits per heavy atom. The predicted molar refractivity (Wildman–Crippen MR) is 149 cm³/mol. The Labute approximate surface area is 212 Å². The van der Waals surface area contributed by atoms with E-state index < -0.39 is 8.32 Å². The van der Waals surface area contributed by atoms with Crippen LogP contribution in [-0.2, 0) is 15.8 Å². The first-order chi connectivity index (χ1) is 16.7. The zero-order valence-electron chi connectivity index (χ0n) is 21.9. The number of ether oxygens (including phenoxy) is 2. The molecule has 186 valence electrons. The molecule has 3 nitrogen and oxygen atoms in total. The molecule has 0 radical (unpaired) electrons. The van der Waals surface area contributed by atoms with E-state index in [0.717, 1.165) is 24.2 Å². The average Bonchev–Trinajstić information content (AvgIpc) is 2.86. The summed E-state index contributed by atoms with van der Waals surface area (Å²) in [5.41, 5.74) is 0.751. The summed E-state index contributed by atoms with van der Waals surface area (Å²) in [4.78, 5) is 0. The van der Waals surface area contributed by atoms with E-state index in [0.29, 0.717) is 13.2 Å². The molecule has 0 fully saturated rings. The van der Waals surface area contributed by atoms with Crippen LogP contribution in [0.1, 0.15) is 46.1 Å². The van der Waals surface area contributed by atoms with Crippen molar-refractivity contribution in [3.8, 4) is 5.75 Å². The van der Waals surface area contributed by atoms with Crippen LogP contribution in [0.3, 0.4) is 0 Å². The van der Waals surface area contributed by atoms with Crippen molar-refractivity contribution >= 4 is 18.7 Å². The molecule has 3 aromatic carbocycles. The largest absolute Gasteiger partial charge is 0.497 e. The monoisotopic (exact) mass is 488 g/mol. The Hall–Kier alpha value is -2.66. The van der Waals surface area contributed by atoms with Gasteiger partial charge in [-0.05, 0) is 52.9 Å². The van der Waals surface area contributed by atoms with Crippen LogP contribution in [0.5, 0.6) is 5.75 Å². The van der Waals surface area contributed by atoms with E-state index in [2.05, 4.69) is 94.9 Å². The molecule has 0 aliphatic heterocycles. The normalized spacial score (nSPS) is 13.7. The Bertz CT molecular complexity index is 1000. The Kier molecular flexibility index (Phi) is 9.12. The second kappa shape index (κ2) is 11.8. The maximum atomic E-state index is 7.10. The first-order valence-electron chi connectivity index (χ1n) is 12.4. The molecule has 0 unspecified atom stereocenters. The quantitative estimate of drug-likeness (QED) is 0.215. The molecule has 0 saturated heterocycles. The highest BCUT2D eigenvalue weighted by atomic mass is 28.4. The summed E-state index contributed by atoms with van der Waals surface area (Å²) in [6, 6.07) is 29.6. The lowest BCUT2D eigenvalue weighted by Gasteiger charge is -2.43. The van der Waals surface area contributed by atoms with Gasteiger partial charge in [-0.1, -0.05) is 99.6 Å². The van der Waals surface area contributed by atoms with Crippen LogP contribution in [0.25, 0.3) is 0 Å². The molecule has 0 N–H and O–H groups in total. The van der Waals surface area contributed by atoms with Gasteiger partial charge in [0, 0.05) is 6.61 Å². The lowest BCUT2D eigenvalue weighted by atomic mass is 9.98. The highest BCUT2D eigenvalue weighted by Crippen LogP contribution is 2.37. The standard InChI is InChI=1S/C31H40O3Si/c1-7-22-31(5,33-25-26-18-20-27(32-6)21-19-26)23-24-34-35(30(2,3)4,28-14-10-8-11-15-28)29-16-12-9-13-17-29/h7-21H,1,22-25H2,2-6H3/t31-/m0/s1. The van der Waals surface area contributed by atoms with Gasteiger partial charge in [-0.2, -0.15) is 0 Å². The number of hydrogen-bond donors (Lipinski definition) is 0. The van der Waals surface area contributed by atoms with Crippen molar-refractivity contribution in [2.45, 2.75) is 57.8 Å². The van der Waals surface area contributed by atoms with Crippen LogP contribution in [0.4, 0.5) is 0 Å². The molecule has 3 rings (SSSR count). The Morgan fingerprint density at radius 2 is 1.34 bits per heavy atom. The van der Waals surface area contributed by atoms with Gasteiger partial charge < -0.3 is 13.9 Å². The fourth-order valence-electron chi connectivity index (χ4n) is 4.70. The average molecular weight is 489 g/mol. The fourth-order valence-corrected chi connectivity index (χ4v) is 9.26. The zero-order chi connectivity index (χ0) is 25.4. The molecule has 0 amide bonds. The van der Waals surface area contributed by atoms with Crippen molar-refractivity contribution < 1.29 is 13.9 Å². The fraction of sp³-hybridized carbons (Fsp3) is 0.355. The van der Waals surface area contributed by atoms with Gasteiger partial charge in [-0.15, -0.1) is 6.58 Å². The Balaban J connectivity index is 1.83. The highest BCUT2D eigenvalue weighted by Gasteiger charge is 2.50. The van der Waals surface area contributed by atoms with E-state index in [1.807, 2.05) is 30.3 Å². The van der Waals surface area contributed by atoms with Crippen molar-refractivity contribution in [3.63, 3.8) is 0 Å². The van der Waals surface area contributed by atoms with Gasteiger partial charge in [0.15, 0.2) is 0 Å². The maximum absolute atomic E-state index is 7.10. The van der Waals surface area contributed by atoms with Crippen molar-refractivity contribution in [1.29, 1.82) is 0 Å². The molecule has 0 aliphatic carbocycles. The van der Waals surface area contributed by atoms with Gasteiger partial charge in [0.05, 0.1) is 19.3 Å². The minimum absolute atomic E-state index is 0.0471. The molecular weight excluding hydrogens is 448 g/mol. The minimum Gasteiger partial charge on any atom is -0.497 e. The third-order valence-electron chi connectivity index (χ3n) is 6.69. The number of rotatable bonds is 12. The van der Waals surface area contributed by atoms with Crippen molar-refractivity contribution in [3.05, 3.63) is 103 Å². The summed E-state index contributed by atoms with van der Waals surface area (Å²) in [6.07, 6.45) is 3.48. The van der Waals surface area contributed by atoms with E-state index in [-0.39, 0.29) is 10.6 Å². The summed E-state index contributed by atoms with van der Waals surface area (Å²) >= 11 is 0.